The Balaban J connectivity index is 2.24. The van der Waals surface area contributed by atoms with E-state index in [1.54, 1.807) is 13.8 Å². The minimum absolute atomic E-state index is 0.598. The molecule has 2 rings (SSSR count). The lowest BCUT2D eigenvalue weighted by Gasteiger charge is -2.20. The molecule has 0 spiro atoms. The van der Waals surface area contributed by atoms with Crippen molar-refractivity contribution in [3.05, 3.63) is 17.2 Å². The SMILES string of the molecule is Cc1[nH]c(C(C)(C)O)nc1C1CCCCC1. The second-order valence-electron chi connectivity index (χ2n) is 5.49. The van der Waals surface area contributed by atoms with Crippen molar-refractivity contribution in [2.45, 2.75) is 64.4 Å². The Bertz CT molecular complexity index is 356. The highest BCUT2D eigenvalue weighted by atomic mass is 16.3. The summed E-state index contributed by atoms with van der Waals surface area (Å²) >= 11 is 0. The van der Waals surface area contributed by atoms with Gasteiger partial charge in [-0.15, -0.1) is 0 Å². The molecule has 0 bridgehead atoms. The third kappa shape index (κ3) is 2.29. The number of rotatable bonds is 2. The Labute approximate surface area is 97.3 Å². The van der Waals surface area contributed by atoms with Crippen LogP contribution in [0.25, 0.3) is 0 Å². The van der Waals surface area contributed by atoms with Crippen LogP contribution < -0.4 is 0 Å². The van der Waals surface area contributed by atoms with Crippen molar-refractivity contribution >= 4 is 0 Å². The molecule has 3 nitrogen and oxygen atoms in total. The first-order chi connectivity index (χ1) is 7.48. The van der Waals surface area contributed by atoms with E-state index in [2.05, 4.69) is 16.9 Å². The molecule has 0 unspecified atom stereocenters. The van der Waals surface area contributed by atoms with Crippen molar-refractivity contribution in [1.82, 2.24) is 9.97 Å². The predicted molar refractivity (Wildman–Crippen MR) is 64.4 cm³/mol. The van der Waals surface area contributed by atoms with E-state index >= 15 is 0 Å². The van der Waals surface area contributed by atoms with E-state index in [9.17, 15) is 5.11 Å². The molecule has 0 aromatic carbocycles. The van der Waals surface area contributed by atoms with Gasteiger partial charge in [0.2, 0.25) is 0 Å². The van der Waals surface area contributed by atoms with Gasteiger partial charge in [0.15, 0.2) is 0 Å². The molecule has 2 N–H and O–H groups in total. The first kappa shape index (κ1) is 11.6. The number of nitrogens with zero attached hydrogens (tertiary/aromatic N) is 1. The monoisotopic (exact) mass is 222 g/mol. The molecule has 1 aromatic heterocycles. The van der Waals surface area contributed by atoms with Crippen LogP contribution in [-0.2, 0) is 5.60 Å². The molecule has 1 aromatic rings. The molecule has 0 aliphatic heterocycles. The highest BCUT2D eigenvalue weighted by Crippen LogP contribution is 2.34. The van der Waals surface area contributed by atoms with Crippen LogP contribution in [0.15, 0.2) is 0 Å². The molecule has 16 heavy (non-hydrogen) atoms. The molecular weight excluding hydrogens is 200 g/mol. The van der Waals surface area contributed by atoms with Gasteiger partial charge in [0.1, 0.15) is 11.4 Å². The van der Waals surface area contributed by atoms with Crippen molar-refractivity contribution in [2.75, 3.05) is 0 Å². The zero-order chi connectivity index (χ0) is 11.8. The van der Waals surface area contributed by atoms with Gasteiger partial charge in [0.05, 0.1) is 5.69 Å². The summed E-state index contributed by atoms with van der Waals surface area (Å²) in [6.45, 7) is 5.61. The second-order valence-corrected chi connectivity index (χ2v) is 5.49. The van der Waals surface area contributed by atoms with Gasteiger partial charge < -0.3 is 10.1 Å². The van der Waals surface area contributed by atoms with E-state index in [4.69, 9.17) is 0 Å². The first-order valence-electron chi connectivity index (χ1n) is 6.28. The van der Waals surface area contributed by atoms with Crippen LogP contribution in [0.5, 0.6) is 0 Å². The van der Waals surface area contributed by atoms with Crippen molar-refractivity contribution in [1.29, 1.82) is 0 Å². The summed E-state index contributed by atoms with van der Waals surface area (Å²) in [7, 11) is 0. The van der Waals surface area contributed by atoms with Gasteiger partial charge in [0.25, 0.3) is 0 Å². The molecule has 0 atom stereocenters. The quantitative estimate of drug-likeness (QED) is 0.808. The van der Waals surface area contributed by atoms with E-state index < -0.39 is 5.60 Å². The normalized spacial score (nSPS) is 19.0. The van der Waals surface area contributed by atoms with Crippen LogP contribution in [-0.4, -0.2) is 15.1 Å². The Hall–Kier alpha value is -0.830. The van der Waals surface area contributed by atoms with E-state index in [0.717, 1.165) is 5.69 Å². The molecule has 1 saturated carbocycles. The lowest BCUT2D eigenvalue weighted by Crippen LogP contribution is -2.17. The average molecular weight is 222 g/mol. The maximum Gasteiger partial charge on any atom is 0.138 e. The smallest absolute Gasteiger partial charge is 0.138 e. The van der Waals surface area contributed by atoms with Crippen LogP contribution in [0.1, 0.15) is 69.1 Å². The number of aromatic nitrogens is 2. The third-order valence-corrected chi connectivity index (χ3v) is 3.49. The van der Waals surface area contributed by atoms with Gasteiger partial charge in [-0.2, -0.15) is 0 Å². The topological polar surface area (TPSA) is 48.9 Å². The number of imidazole rings is 1. The molecule has 1 fully saturated rings. The maximum absolute atomic E-state index is 9.93. The fourth-order valence-corrected chi connectivity index (χ4v) is 2.54. The number of H-pyrrole nitrogens is 1. The minimum atomic E-state index is -0.863. The summed E-state index contributed by atoms with van der Waals surface area (Å²) in [5.74, 6) is 1.30. The summed E-state index contributed by atoms with van der Waals surface area (Å²) in [6.07, 6.45) is 6.48. The highest BCUT2D eigenvalue weighted by molar-refractivity contribution is 5.20. The van der Waals surface area contributed by atoms with E-state index in [0.29, 0.717) is 11.7 Å². The number of nitrogens with one attached hydrogen (secondary N) is 1. The summed E-state index contributed by atoms with van der Waals surface area (Å²) in [6, 6.07) is 0. The summed E-state index contributed by atoms with van der Waals surface area (Å²) in [5, 5.41) is 9.93. The minimum Gasteiger partial charge on any atom is -0.383 e. The molecule has 0 amide bonds. The number of hydrogen-bond acceptors (Lipinski definition) is 2. The number of aromatic amines is 1. The van der Waals surface area contributed by atoms with Crippen molar-refractivity contribution in [3.8, 4) is 0 Å². The maximum atomic E-state index is 9.93. The van der Waals surface area contributed by atoms with Gasteiger partial charge in [-0.25, -0.2) is 4.98 Å². The van der Waals surface area contributed by atoms with Gasteiger partial charge >= 0.3 is 0 Å². The molecule has 1 heterocycles. The van der Waals surface area contributed by atoms with Gasteiger partial charge in [-0.05, 0) is 33.6 Å². The van der Waals surface area contributed by atoms with Crippen molar-refractivity contribution in [3.63, 3.8) is 0 Å². The summed E-state index contributed by atoms with van der Waals surface area (Å²) < 4.78 is 0. The van der Waals surface area contributed by atoms with E-state index in [1.807, 2.05) is 0 Å². The fraction of sp³-hybridized carbons (Fsp3) is 0.769. The van der Waals surface area contributed by atoms with Crippen LogP contribution in [0.2, 0.25) is 0 Å². The van der Waals surface area contributed by atoms with Crippen LogP contribution in [0.4, 0.5) is 0 Å². The molecule has 90 valence electrons. The van der Waals surface area contributed by atoms with Crippen LogP contribution >= 0.6 is 0 Å². The number of aryl methyl sites for hydroxylation is 1. The molecule has 1 aliphatic rings. The predicted octanol–water partition coefficient (Wildman–Crippen LogP) is 2.99. The lowest BCUT2D eigenvalue weighted by molar-refractivity contribution is 0.0694. The summed E-state index contributed by atoms with van der Waals surface area (Å²) in [5.41, 5.74) is 1.44. The first-order valence-corrected chi connectivity index (χ1v) is 6.28. The summed E-state index contributed by atoms with van der Waals surface area (Å²) in [4.78, 5) is 7.82. The number of aliphatic hydroxyl groups is 1. The Morgan fingerprint density at radius 2 is 1.88 bits per heavy atom. The van der Waals surface area contributed by atoms with Crippen LogP contribution in [0, 0.1) is 6.92 Å². The average Bonchev–Trinajstić information content (AvgIpc) is 2.61. The van der Waals surface area contributed by atoms with Gasteiger partial charge in [-0.1, -0.05) is 19.3 Å². The Kier molecular flexibility index (Phi) is 3.06. The van der Waals surface area contributed by atoms with Crippen molar-refractivity contribution in [2.24, 2.45) is 0 Å². The van der Waals surface area contributed by atoms with E-state index in [-0.39, 0.29) is 0 Å². The highest BCUT2D eigenvalue weighted by Gasteiger charge is 2.25. The molecule has 0 saturated heterocycles. The fourth-order valence-electron chi connectivity index (χ4n) is 2.54. The zero-order valence-corrected chi connectivity index (χ0v) is 10.5. The molecule has 0 radical (unpaired) electrons. The number of hydrogen-bond donors (Lipinski definition) is 2. The zero-order valence-electron chi connectivity index (χ0n) is 10.5. The second kappa shape index (κ2) is 4.21. The lowest BCUT2D eigenvalue weighted by atomic mass is 9.86. The van der Waals surface area contributed by atoms with Crippen molar-refractivity contribution < 1.29 is 5.11 Å². The Morgan fingerprint density at radius 3 is 2.38 bits per heavy atom. The molecule has 3 heteroatoms. The standard InChI is InChI=1S/C13H22N2O/c1-9-11(10-7-5-4-6-8-10)15-12(14-9)13(2,3)16/h10,16H,4-8H2,1-3H3,(H,14,15). The van der Waals surface area contributed by atoms with Gasteiger partial charge in [0, 0.05) is 11.6 Å². The third-order valence-electron chi connectivity index (χ3n) is 3.49. The largest absolute Gasteiger partial charge is 0.383 e. The van der Waals surface area contributed by atoms with E-state index in [1.165, 1.54) is 37.8 Å². The molecule has 1 aliphatic carbocycles. The van der Waals surface area contributed by atoms with Crippen LogP contribution in [0.3, 0.4) is 0 Å². The molecular formula is C13H22N2O. The Morgan fingerprint density at radius 1 is 1.25 bits per heavy atom. The van der Waals surface area contributed by atoms with Gasteiger partial charge in [-0.3, -0.25) is 0 Å².